The number of nitrogen functional groups attached to an aromatic ring is 2. The van der Waals surface area contributed by atoms with Crippen LogP contribution >= 0.6 is 0 Å². The third-order valence-electron chi connectivity index (χ3n) is 2.38. The minimum absolute atomic E-state index is 0.539. The van der Waals surface area contributed by atoms with Crippen molar-refractivity contribution in [1.29, 1.82) is 0 Å². The summed E-state index contributed by atoms with van der Waals surface area (Å²) in [5.41, 5.74) is 14.8. The van der Waals surface area contributed by atoms with Crippen LogP contribution in [0.3, 0.4) is 0 Å². The lowest BCUT2D eigenvalue weighted by atomic mass is 10.0. The molecule has 2 rings (SSSR count). The van der Waals surface area contributed by atoms with E-state index in [2.05, 4.69) is 4.84 Å². The normalized spacial score (nSPS) is 10.1. The highest BCUT2D eigenvalue weighted by Gasteiger charge is 2.03. The Hall–Kier alpha value is -2.20. The summed E-state index contributed by atoms with van der Waals surface area (Å²) < 4.78 is 0. The van der Waals surface area contributed by atoms with E-state index in [0.717, 1.165) is 16.8 Å². The van der Waals surface area contributed by atoms with E-state index in [-0.39, 0.29) is 0 Å². The molecule has 82 valence electrons. The molecule has 2 aromatic carbocycles. The Balaban J connectivity index is 2.44. The van der Waals surface area contributed by atoms with Crippen molar-refractivity contribution in [2.45, 2.75) is 0 Å². The van der Waals surface area contributed by atoms with Crippen LogP contribution in [-0.2, 0) is 0 Å². The minimum Gasteiger partial charge on any atom is -0.411 e. The predicted molar refractivity (Wildman–Crippen MR) is 65.5 cm³/mol. The van der Waals surface area contributed by atoms with Gasteiger partial charge in [0.25, 0.3) is 0 Å². The van der Waals surface area contributed by atoms with Gasteiger partial charge in [0, 0.05) is 23.0 Å². The molecule has 6 N–H and O–H groups in total. The van der Waals surface area contributed by atoms with Crippen LogP contribution in [-0.4, -0.2) is 0 Å². The first-order valence-electron chi connectivity index (χ1n) is 4.83. The van der Waals surface area contributed by atoms with Crippen LogP contribution in [0.4, 0.5) is 11.4 Å². The molecule has 0 aliphatic heterocycles. The fraction of sp³-hybridized carbons (Fsp3) is 0. The van der Waals surface area contributed by atoms with Crippen LogP contribution in [0.2, 0.25) is 0 Å². The predicted octanol–water partition coefficient (Wildman–Crippen LogP) is 1.77. The monoisotopic (exact) mass is 215 g/mol. The van der Waals surface area contributed by atoms with E-state index >= 15 is 0 Å². The van der Waals surface area contributed by atoms with Gasteiger partial charge in [0.05, 0.1) is 0 Å². The number of hydrogen-bond acceptors (Lipinski definition) is 4. The number of nitrogens with two attached hydrogens (primary N) is 3. The lowest BCUT2D eigenvalue weighted by Crippen LogP contribution is -2.02. The Morgan fingerprint density at radius 3 is 2.12 bits per heavy atom. The highest BCUT2D eigenvalue weighted by molar-refractivity contribution is 5.78. The molecular formula is C12H13N3O. The fourth-order valence-corrected chi connectivity index (χ4v) is 1.54. The van der Waals surface area contributed by atoms with Crippen molar-refractivity contribution in [3.05, 3.63) is 42.5 Å². The molecule has 4 heteroatoms. The zero-order valence-electron chi connectivity index (χ0n) is 8.68. The summed E-state index contributed by atoms with van der Waals surface area (Å²) in [6, 6.07) is 12.8. The van der Waals surface area contributed by atoms with Crippen molar-refractivity contribution < 1.29 is 4.84 Å². The van der Waals surface area contributed by atoms with Gasteiger partial charge in [-0.2, -0.15) is 5.90 Å². The van der Waals surface area contributed by atoms with Crippen LogP contribution in [0.5, 0.6) is 5.75 Å². The molecule has 16 heavy (non-hydrogen) atoms. The highest BCUT2D eigenvalue weighted by atomic mass is 16.6. The average Bonchev–Trinajstić information content (AvgIpc) is 2.30. The first kappa shape index (κ1) is 10.3. The van der Waals surface area contributed by atoms with Gasteiger partial charge in [-0.25, -0.2) is 0 Å². The zero-order valence-corrected chi connectivity index (χ0v) is 8.68. The number of anilines is 2. The van der Waals surface area contributed by atoms with Gasteiger partial charge in [0.15, 0.2) is 0 Å². The number of rotatable bonds is 2. The fourth-order valence-electron chi connectivity index (χ4n) is 1.54. The Bertz CT molecular complexity index is 494. The van der Waals surface area contributed by atoms with Gasteiger partial charge in [0.1, 0.15) is 5.75 Å². The summed E-state index contributed by atoms with van der Waals surface area (Å²) >= 11 is 0. The standard InChI is InChI=1S/C12H13N3O/c13-9-3-1-8(2-4-9)11-6-5-10(16-15)7-12(11)14/h1-7H,13-15H2. The topological polar surface area (TPSA) is 87.3 Å². The molecule has 0 atom stereocenters. The van der Waals surface area contributed by atoms with Crippen LogP contribution in [0.1, 0.15) is 0 Å². The lowest BCUT2D eigenvalue weighted by molar-refractivity contribution is 0.335. The largest absolute Gasteiger partial charge is 0.411 e. The van der Waals surface area contributed by atoms with Crippen LogP contribution < -0.4 is 22.2 Å². The second-order valence-electron chi connectivity index (χ2n) is 3.49. The molecule has 0 unspecified atom stereocenters. The Morgan fingerprint density at radius 2 is 1.56 bits per heavy atom. The van der Waals surface area contributed by atoms with Gasteiger partial charge < -0.3 is 16.3 Å². The third-order valence-corrected chi connectivity index (χ3v) is 2.38. The zero-order chi connectivity index (χ0) is 11.5. The average molecular weight is 215 g/mol. The van der Waals surface area contributed by atoms with Crippen LogP contribution in [0.15, 0.2) is 42.5 Å². The van der Waals surface area contributed by atoms with Crippen molar-refractivity contribution in [2.24, 2.45) is 5.90 Å². The maximum atomic E-state index is 5.90. The van der Waals surface area contributed by atoms with Gasteiger partial charge in [-0.3, -0.25) is 0 Å². The number of hydrogen-bond donors (Lipinski definition) is 3. The molecule has 0 aliphatic rings. The summed E-state index contributed by atoms with van der Waals surface area (Å²) in [4.78, 5) is 4.60. The van der Waals surface area contributed by atoms with Crippen molar-refractivity contribution in [2.75, 3.05) is 11.5 Å². The molecule has 0 fully saturated rings. The van der Waals surface area contributed by atoms with Crippen LogP contribution in [0.25, 0.3) is 11.1 Å². The van der Waals surface area contributed by atoms with Crippen molar-refractivity contribution in [1.82, 2.24) is 0 Å². The second-order valence-corrected chi connectivity index (χ2v) is 3.49. The van der Waals surface area contributed by atoms with E-state index < -0.39 is 0 Å². The van der Waals surface area contributed by atoms with Gasteiger partial charge in [-0.05, 0) is 29.8 Å². The van der Waals surface area contributed by atoms with Gasteiger partial charge in [0.2, 0.25) is 0 Å². The Morgan fingerprint density at radius 1 is 0.875 bits per heavy atom. The summed E-state index contributed by atoms with van der Waals surface area (Å²) in [5.74, 6) is 5.59. The van der Waals surface area contributed by atoms with Crippen molar-refractivity contribution in [3.63, 3.8) is 0 Å². The van der Waals surface area contributed by atoms with E-state index in [1.54, 1.807) is 12.1 Å². The second kappa shape index (κ2) is 4.12. The third kappa shape index (κ3) is 1.92. The molecule has 0 aromatic heterocycles. The molecule has 0 heterocycles. The molecule has 0 spiro atoms. The first-order valence-corrected chi connectivity index (χ1v) is 4.83. The summed E-state index contributed by atoms with van der Waals surface area (Å²) in [5, 5.41) is 0. The molecule has 0 aliphatic carbocycles. The SMILES string of the molecule is NOc1ccc(-c2ccc(N)cc2)c(N)c1. The Kier molecular flexibility index (Phi) is 2.66. The summed E-state index contributed by atoms with van der Waals surface area (Å²) in [7, 11) is 0. The molecular weight excluding hydrogens is 202 g/mol. The smallest absolute Gasteiger partial charge is 0.148 e. The van der Waals surface area contributed by atoms with Crippen molar-refractivity contribution >= 4 is 11.4 Å². The molecule has 0 saturated carbocycles. The van der Waals surface area contributed by atoms with E-state index in [9.17, 15) is 0 Å². The minimum atomic E-state index is 0.539. The highest BCUT2D eigenvalue weighted by Crippen LogP contribution is 2.29. The molecule has 2 aromatic rings. The first-order chi connectivity index (χ1) is 7.70. The maximum absolute atomic E-state index is 5.90. The van der Waals surface area contributed by atoms with E-state index in [1.165, 1.54) is 0 Å². The number of benzene rings is 2. The van der Waals surface area contributed by atoms with Gasteiger partial charge in [-0.1, -0.05) is 12.1 Å². The lowest BCUT2D eigenvalue weighted by Gasteiger charge is -2.07. The van der Waals surface area contributed by atoms with E-state index in [1.807, 2.05) is 30.3 Å². The van der Waals surface area contributed by atoms with Crippen molar-refractivity contribution in [3.8, 4) is 16.9 Å². The maximum Gasteiger partial charge on any atom is 0.148 e. The summed E-state index contributed by atoms with van der Waals surface area (Å²) in [6.07, 6.45) is 0. The quantitative estimate of drug-likeness (QED) is 0.526. The molecule has 0 saturated heterocycles. The van der Waals surface area contributed by atoms with E-state index in [0.29, 0.717) is 11.4 Å². The van der Waals surface area contributed by atoms with E-state index in [4.69, 9.17) is 17.4 Å². The van der Waals surface area contributed by atoms with Gasteiger partial charge >= 0.3 is 0 Å². The Labute approximate surface area is 93.6 Å². The molecule has 0 bridgehead atoms. The summed E-state index contributed by atoms with van der Waals surface area (Å²) in [6.45, 7) is 0. The van der Waals surface area contributed by atoms with Crippen LogP contribution in [0, 0.1) is 0 Å². The molecule has 0 radical (unpaired) electrons. The molecule has 0 amide bonds. The van der Waals surface area contributed by atoms with Gasteiger partial charge in [-0.15, -0.1) is 0 Å². The molecule has 4 nitrogen and oxygen atoms in total.